The van der Waals surface area contributed by atoms with Crippen LogP contribution in [0, 0.1) is 0 Å². The van der Waals surface area contributed by atoms with E-state index >= 15 is 0 Å². The lowest BCUT2D eigenvalue weighted by Gasteiger charge is -2.42. The quantitative estimate of drug-likeness (QED) is 0.435. The van der Waals surface area contributed by atoms with E-state index in [9.17, 15) is 10.2 Å². The molecule has 0 aromatic heterocycles. The summed E-state index contributed by atoms with van der Waals surface area (Å²) in [4.78, 5) is 0. The molecule has 0 aliphatic heterocycles. The van der Waals surface area contributed by atoms with Crippen molar-refractivity contribution >= 4 is 16.4 Å². The Hall–Kier alpha value is 0.0538. The lowest BCUT2D eigenvalue weighted by atomic mass is 10.1. The fourth-order valence-corrected chi connectivity index (χ4v) is 6.45. The van der Waals surface area contributed by atoms with Crippen molar-refractivity contribution in [2.45, 2.75) is 129 Å². The molecule has 0 aromatic rings. The predicted molar refractivity (Wildman–Crippen MR) is 125 cm³/mol. The average Bonchev–Trinajstić information content (AvgIpc) is 2.45. The van der Waals surface area contributed by atoms with Crippen LogP contribution in [-0.2, 0) is 4.43 Å². The standard InChI is InChI=1S/C22H48O3Si2/c1-13-14-15-18(26(9,10)21(3,4)5)16-19(24)20(17(2)23)25-27(11,12)22(6,7)8/h16-17,19-20,23-24H,13-15H2,1-12H3/b18-16-/t17-,19-,20-/m0/s1. The molecular formula is C22H48O3Si2. The topological polar surface area (TPSA) is 49.7 Å². The van der Waals surface area contributed by atoms with Crippen LogP contribution in [0.3, 0.4) is 0 Å². The molecule has 0 bridgehead atoms. The molecule has 162 valence electrons. The van der Waals surface area contributed by atoms with Crippen LogP contribution >= 0.6 is 0 Å². The van der Waals surface area contributed by atoms with Crippen molar-refractivity contribution < 1.29 is 14.6 Å². The first kappa shape index (κ1) is 27.1. The van der Waals surface area contributed by atoms with Gasteiger partial charge in [-0.25, -0.2) is 0 Å². The number of unbranched alkanes of at least 4 members (excludes halogenated alkanes) is 1. The van der Waals surface area contributed by atoms with Gasteiger partial charge in [0, 0.05) is 0 Å². The Morgan fingerprint density at radius 1 is 0.963 bits per heavy atom. The second-order valence-electron chi connectivity index (χ2n) is 11.2. The number of aliphatic hydroxyl groups excluding tert-OH is 2. The van der Waals surface area contributed by atoms with Crippen LogP contribution in [0.15, 0.2) is 11.3 Å². The third-order valence-electron chi connectivity index (χ3n) is 6.90. The number of hydrogen-bond acceptors (Lipinski definition) is 3. The monoisotopic (exact) mass is 416 g/mol. The summed E-state index contributed by atoms with van der Waals surface area (Å²) >= 11 is 0. The van der Waals surface area contributed by atoms with Crippen molar-refractivity contribution in [1.29, 1.82) is 0 Å². The molecule has 2 N–H and O–H groups in total. The van der Waals surface area contributed by atoms with E-state index < -0.39 is 34.7 Å². The summed E-state index contributed by atoms with van der Waals surface area (Å²) < 4.78 is 6.44. The van der Waals surface area contributed by atoms with Gasteiger partial charge < -0.3 is 14.6 Å². The van der Waals surface area contributed by atoms with Gasteiger partial charge in [-0.1, -0.05) is 85.7 Å². The first-order chi connectivity index (χ1) is 11.9. The van der Waals surface area contributed by atoms with Crippen LogP contribution in [0.2, 0.25) is 36.3 Å². The second kappa shape index (κ2) is 9.70. The minimum Gasteiger partial charge on any atom is -0.408 e. The third-order valence-corrected chi connectivity index (χ3v) is 17.1. The molecule has 0 unspecified atom stereocenters. The summed E-state index contributed by atoms with van der Waals surface area (Å²) in [5, 5.41) is 23.1. The first-order valence-electron chi connectivity index (χ1n) is 10.6. The molecule has 5 heteroatoms. The minimum absolute atomic E-state index is 0.0358. The smallest absolute Gasteiger partial charge is 0.192 e. The molecule has 3 nitrogen and oxygen atoms in total. The van der Waals surface area contributed by atoms with E-state index in [2.05, 4.69) is 74.7 Å². The summed E-state index contributed by atoms with van der Waals surface area (Å²) in [6.45, 7) is 26.5. The largest absolute Gasteiger partial charge is 0.408 e. The van der Waals surface area contributed by atoms with E-state index in [0.717, 1.165) is 19.3 Å². The van der Waals surface area contributed by atoms with Crippen molar-refractivity contribution in [3.63, 3.8) is 0 Å². The second-order valence-corrected chi connectivity index (χ2v) is 21.4. The van der Waals surface area contributed by atoms with Crippen LogP contribution in [0.4, 0.5) is 0 Å². The van der Waals surface area contributed by atoms with Crippen molar-refractivity contribution in [1.82, 2.24) is 0 Å². The van der Waals surface area contributed by atoms with Gasteiger partial charge in [0.2, 0.25) is 0 Å². The first-order valence-corrected chi connectivity index (χ1v) is 16.5. The van der Waals surface area contributed by atoms with Crippen LogP contribution < -0.4 is 0 Å². The zero-order valence-corrected chi connectivity index (χ0v) is 22.2. The van der Waals surface area contributed by atoms with Crippen LogP contribution in [0.25, 0.3) is 0 Å². The molecule has 0 spiro atoms. The molecule has 0 rings (SSSR count). The van der Waals surface area contributed by atoms with E-state index in [1.807, 2.05) is 6.08 Å². The van der Waals surface area contributed by atoms with Gasteiger partial charge in [0.25, 0.3) is 0 Å². The normalized spacial score (nSPS) is 18.4. The highest BCUT2D eigenvalue weighted by atomic mass is 28.4. The summed E-state index contributed by atoms with van der Waals surface area (Å²) in [5.41, 5.74) is 0. The number of allylic oxidation sites excluding steroid dienone is 1. The Morgan fingerprint density at radius 2 is 1.44 bits per heavy atom. The number of hydrogen-bond donors (Lipinski definition) is 2. The molecule has 0 saturated heterocycles. The zero-order valence-electron chi connectivity index (χ0n) is 20.2. The van der Waals surface area contributed by atoms with Crippen molar-refractivity contribution in [3.05, 3.63) is 11.3 Å². The number of aliphatic hydroxyl groups is 2. The lowest BCUT2D eigenvalue weighted by Crippen LogP contribution is -2.50. The van der Waals surface area contributed by atoms with Crippen molar-refractivity contribution in [3.8, 4) is 0 Å². The van der Waals surface area contributed by atoms with Gasteiger partial charge in [0.15, 0.2) is 8.32 Å². The molecule has 0 aliphatic carbocycles. The molecule has 0 aromatic carbocycles. The highest BCUT2D eigenvalue weighted by Gasteiger charge is 2.43. The predicted octanol–water partition coefficient (Wildman–Crippen LogP) is 6.28. The number of rotatable bonds is 9. The highest BCUT2D eigenvalue weighted by Crippen LogP contribution is 2.43. The minimum atomic E-state index is -2.09. The Labute approximate surface area is 171 Å². The molecule has 0 saturated carbocycles. The highest BCUT2D eigenvalue weighted by molar-refractivity contribution is 6.86. The van der Waals surface area contributed by atoms with Crippen LogP contribution in [0.5, 0.6) is 0 Å². The van der Waals surface area contributed by atoms with E-state index in [1.54, 1.807) is 6.92 Å². The molecule has 27 heavy (non-hydrogen) atoms. The Kier molecular flexibility index (Phi) is 9.72. The third kappa shape index (κ3) is 7.43. The van der Waals surface area contributed by atoms with Gasteiger partial charge in [-0.3, -0.25) is 0 Å². The van der Waals surface area contributed by atoms with E-state index in [-0.39, 0.29) is 10.1 Å². The van der Waals surface area contributed by atoms with Gasteiger partial charge in [-0.05, 0) is 36.5 Å². The molecular weight excluding hydrogens is 368 g/mol. The summed E-state index contributed by atoms with van der Waals surface area (Å²) in [7, 11) is -3.83. The Morgan fingerprint density at radius 3 is 1.78 bits per heavy atom. The van der Waals surface area contributed by atoms with Crippen molar-refractivity contribution in [2.24, 2.45) is 0 Å². The maximum absolute atomic E-state index is 11.1. The van der Waals surface area contributed by atoms with Crippen LogP contribution in [-0.4, -0.2) is 44.9 Å². The molecule has 0 aliphatic rings. The molecule has 0 radical (unpaired) electrons. The zero-order chi connectivity index (χ0) is 21.8. The maximum Gasteiger partial charge on any atom is 0.192 e. The Bertz CT molecular complexity index is 483. The SMILES string of the molecule is CCCC/C(=C/[C@H](O)[C@@H](O[Si](C)(C)C(C)(C)C)[C@H](C)O)[Si](C)(C)C(C)(C)C. The fourth-order valence-electron chi connectivity index (χ4n) is 2.72. The van der Waals surface area contributed by atoms with E-state index in [0.29, 0.717) is 0 Å². The van der Waals surface area contributed by atoms with Gasteiger partial charge in [0.05, 0.1) is 20.3 Å². The molecule has 0 fully saturated rings. The lowest BCUT2D eigenvalue weighted by molar-refractivity contribution is -0.0248. The van der Waals surface area contributed by atoms with Gasteiger partial charge in [0.1, 0.15) is 6.10 Å². The average molecular weight is 417 g/mol. The Balaban J connectivity index is 5.88. The fraction of sp³-hybridized carbons (Fsp3) is 0.909. The van der Waals surface area contributed by atoms with E-state index in [4.69, 9.17) is 4.43 Å². The van der Waals surface area contributed by atoms with Gasteiger partial charge >= 0.3 is 0 Å². The maximum atomic E-state index is 11.1. The van der Waals surface area contributed by atoms with Gasteiger partial charge in [-0.15, -0.1) is 0 Å². The summed E-state index contributed by atoms with van der Waals surface area (Å²) in [5.74, 6) is 0. The summed E-state index contributed by atoms with van der Waals surface area (Å²) in [6.07, 6.45) is 3.27. The van der Waals surface area contributed by atoms with Crippen molar-refractivity contribution in [2.75, 3.05) is 0 Å². The van der Waals surface area contributed by atoms with Crippen LogP contribution in [0.1, 0.15) is 74.7 Å². The summed E-state index contributed by atoms with van der Waals surface area (Å²) in [6, 6.07) is 0. The molecule has 3 atom stereocenters. The van der Waals surface area contributed by atoms with Gasteiger partial charge in [-0.2, -0.15) is 0 Å². The van der Waals surface area contributed by atoms with E-state index in [1.165, 1.54) is 5.20 Å². The molecule has 0 heterocycles. The molecule has 0 amide bonds.